The quantitative estimate of drug-likeness (QED) is 0.824. The molecule has 1 aliphatic heterocycles. The highest BCUT2D eigenvalue weighted by atomic mass is 32.2. The third-order valence-corrected chi connectivity index (χ3v) is 4.02. The van der Waals surface area contributed by atoms with E-state index in [4.69, 9.17) is 0 Å². The van der Waals surface area contributed by atoms with E-state index in [2.05, 4.69) is 54.3 Å². The summed E-state index contributed by atoms with van der Waals surface area (Å²) in [4.78, 5) is 0. The fraction of sp³-hybridized carbons (Fsp3) is 0.538. The van der Waals surface area contributed by atoms with Gasteiger partial charge in [-0.25, -0.2) is 0 Å². The van der Waals surface area contributed by atoms with Crippen LogP contribution in [0.5, 0.6) is 0 Å². The summed E-state index contributed by atoms with van der Waals surface area (Å²) in [5.41, 5.74) is 1.45. The first kappa shape index (κ1) is 11.0. The van der Waals surface area contributed by atoms with Crippen molar-refractivity contribution in [1.29, 1.82) is 0 Å². The van der Waals surface area contributed by atoms with E-state index in [9.17, 15) is 0 Å². The van der Waals surface area contributed by atoms with Crippen molar-refractivity contribution in [2.75, 3.05) is 11.5 Å². The molecule has 0 aliphatic carbocycles. The van der Waals surface area contributed by atoms with Crippen LogP contribution in [0, 0.1) is 0 Å². The third-order valence-electron chi connectivity index (χ3n) is 2.86. The van der Waals surface area contributed by atoms with Crippen LogP contribution in [0.2, 0.25) is 0 Å². The van der Waals surface area contributed by atoms with Gasteiger partial charge < -0.3 is 5.32 Å². The molecule has 1 fully saturated rings. The summed E-state index contributed by atoms with van der Waals surface area (Å²) >= 11 is 2.08. The number of benzene rings is 1. The Bertz CT molecular complexity index is 286. The van der Waals surface area contributed by atoms with Gasteiger partial charge in [0.15, 0.2) is 0 Å². The van der Waals surface area contributed by atoms with Crippen LogP contribution in [0.1, 0.15) is 18.9 Å². The Hall–Kier alpha value is -0.470. The lowest BCUT2D eigenvalue weighted by atomic mass is 10.1. The average Bonchev–Trinajstić information content (AvgIpc) is 2.44. The van der Waals surface area contributed by atoms with Crippen molar-refractivity contribution in [2.45, 2.75) is 31.8 Å². The first-order valence-electron chi connectivity index (χ1n) is 5.72. The van der Waals surface area contributed by atoms with Crippen LogP contribution in [0.25, 0.3) is 0 Å². The predicted octanol–water partition coefficient (Wildman–Crippen LogP) is 2.71. The molecule has 0 bridgehead atoms. The van der Waals surface area contributed by atoms with Crippen molar-refractivity contribution in [1.82, 2.24) is 5.32 Å². The molecule has 1 aromatic rings. The van der Waals surface area contributed by atoms with Crippen molar-refractivity contribution < 1.29 is 0 Å². The lowest BCUT2D eigenvalue weighted by Crippen LogP contribution is -2.38. The monoisotopic (exact) mass is 221 g/mol. The molecule has 0 aromatic heterocycles. The normalized spacial score (nSPS) is 27.3. The highest BCUT2D eigenvalue weighted by Crippen LogP contribution is 2.15. The first-order chi connectivity index (χ1) is 7.34. The van der Waals surface area contributed by atoms with E-state index in [0.29, 0.717) is 12.1 Å². The minimum Gasteiger partial charge on any atom is -0.310 e. The Morgan fingerprint density at radius 3 is 2.93 bits per heavy atom. The summed E-state index contributed by atoms with van der Waals surface area (Å²) in [5.74, 6) is 2.55. The van der Waals surface area contributed by atoms with E-state index < -0.39 is 0 Å². The van der Waals surface area contributed by atoms with Crippen LogP contribution < -0.4 is 5.32 Å². The van der Waals surface area contributed by atoms with E-state index in [1.807, 2.05) is 0 Å². The topological polar surface area (TPSA) is 12.0 Å². The molecule has 1 heterocycles. The lowest BCUT2D eigenvalue weighted by molar-refractivity contribution is 0.470. The van der Waals surface area contributed by atoms with Gasteiger partial charge in [-0.2, -0.15) is 11.8 Å². The average molecular weight is 221 g/mol. The van der Waals surface area contributed by atoms with Gasteiger partial charge in [-0.15, -0.1) is 0 Å². The molecule has 2 heteroatoms. The van der Waals surface area contributed by atoms with E-state index in [1.54, 1.807) is 0 Å². The van der Waals surface area contributed by atoms with Gasteiger partial charge in [-0.1, -0.05) is 30.3 Å². The molecule has 2 rings (SSSR count). The fourth-order valence-electron chi connectivity index (χ4n) is 2.04. The second kappa shape index (κ2) is 5.57. The van der Waals surface area contributed by atoms with Crippen LogP contribution in [0.4, 0.5) is 0 Å². The van der Waals surface area contributed by atoms with Gasteiger partial charge in [-0.3, -0.25) is 0 Å². The Balaban J connectivity index is 1.93. The van der Waals surface area contributed by atoms with E-state index in [0.717, 1.165) is 6.42 Å². The Labute approximate surface area is 96.7 Å². The molecule has 1 aliphatic rings. The predicted molar refractivity (Wildman–Crippen MR) is 68.5 cm³/mol. The molecule has 1 N–H and O–H groups in total. The molecule has 0 spiro atoms. The van der Waals surface area contributed by atoms with E-state index in [-0.39, 0.29) is 0 Å². The summed E-state index contributed by atoms with van der Waals surface area (Å²) in [6.07, 6.45) is 2.47. The Kier molecular flexibility index (Phi) is 4.09. The summed E-state index contributed by atoms with van der Waals surface area (Å²) in [6.45, 7) is 2.30. The SMILES string of the molecule is CC1CCSCC(Cc2ccccc2)N1. The zero-order chi connectivity index (χ0) is 10.5. The zero-order valence-corrected chi connectivity index (χ0v) is 10.1. The molecule has 2 atom stereocenters. The molecule has 1 saturated heterocycles. The van der Waals surface area contributed by atoms with Crippen molar-refractivity contribution >= 4 is 11.8 Å². The van der Waals surface area contributed by atoms with Gasteiger partial charge in [0.2, 0.25) is 0 Å². The summed E-state index contributed by atoms with van der Waals surface area (Å²) in [7, 11) is 0. The Morgan fingerprint density at radius 2 is 2.13 bits per heavy atom. The number of thioether (sulfide) groups is 1. The molecule has 0 saturated carbocycles. The van der Waals surface area contributed by atoms with Gasteiger partial charge in [0, 0.05) is 17.8 Å². The minimum atomic E-state index is 0.648. The second-order valence-corrected chi connectivity index (χ2v) is 5.47. The van der Waals surface area contributed by atoms with Crippen LogP contribution in [0.3, 0.4) is 0 Å². The molecule has 1 aromatic carbocycles. The van der Waals surface area contributed by atoms with Crippen molar-refractivity contribution in [3.8, 4) is 0 Å². The molecule has 82 valence electrons. The number of hydrogen-bond acceptors (Lipinski definition) is 2. The first-order valence-corrected chi connectivity index (χ1v) is 6.88. The van der Waals surface area contributed by atoms with Crippen molar-refractivity contribution in [3.05, 3.63) is 35.9 Å². The summed E-state index contributed by atoms with van der Waals surface area (Å²) < 4.78 is 0. The molecule has 0 amide bonds. The number of rotatable bonds is 2. The Morgan fingerprint density at radius 1 is 1.33 bits per heavy atom. The van der Waals surface area contributed by atoms with Gasteiger partial charge in [-0.05, 0) is 31.1 Å². The van der Waals surface area contributed by atoms with E-state index >= 15 is 0 Å². The van der Waals surface area contributed by atoms with Crippen molar-refractivity contribution in [2.24, 2.45) is 0 Å². The molecule has 0 radical (unpaired) electrons. The molecule has 2 unspecified atom stereocenters. The highest BCUT2D eigenvalue weighted by Gasteiger charge is 2.16. The maximum absolute atomic E-state index is 3.71. The van der Waals surface area contributed by atoms with Gasteiger partial charge >= 0.3 is 0 Å². The largest absolute Gasteiger partial charge is 0.310 e. The lowest BCUT2D eigenvalue weighted by Gasteiger charge is -2.19. The maximum Gasteiger partial charge on any atom is 0.0201 e. The number of hydrogen-bond donors (Lipinski definition) is 1. The third kappa shape index (κ3) is 3.54. The van der Waals surface area contributed by atoms with Gasteiger partial charge in [0.25, 0.3) is 0 Å². The molecular weight excluding hydrogens is 202 g/mol. The van der Waals surface area contributed by atoms with Crippen LogP contribution in [-0.2, 0) is 6.42 Å². The molecule has 1 nitrogen and oxygen atoms in total. The van der Waals surface area contributed by atoms with Gasteiger partial charge in [0.1, 0.15) is 0 Å². The standard InChI is InChI=1S/C13H19NS/c1-11-7-8-15-10-13(14-11)9-12-5-3-2-4-6-12/h2-6,11,13-14H,7-10H2,1H3. The second-order valence-electron chi connectivity index (χ2n) is 4.32. The number of nitrogens with one attached hydrogen (secondary N) is 1. The molecule has 15 heavy (non-hydrogen) atoms. The maximum atomic E-state index is 3.71. The fourth-order valence-corrected chi connectivity index (χ4v) is 3.22. The summed E-state index contributed by atoms with van der Waals surface area (Å²) in [5, 5.41) is 3.71. The smallest absolute Gasteiger partial charge is 0.0201 e. The molecular formula is C13H19NS. The highest BCUT2D eigenvalue weighted by molar-refractivity contribution is 7.99. The van der Waals surface area contributed by atoms with Crippen LogP contribution in [0.15, 0.2) is 30.3 Å². The van der Waals surface area contributed by atoms with Gasteiger partial charge in [0.05, 0.1) is 0 Å². The van der Waals surface area contributed by atoms with Crippen molar-refractivity contribution in [3.63, 3.8) is 0 Å². The van der Waals surface area contributed by atoms with Crippen LogP contribution >= 0.6 is 11.8 Å². The summed E-state index contributed by atoms with van der Waals surface area (Å²) in [6, 6.07) is 12.1. The van der Waals surface area contributed by atoms with Crippen LogP contribution in [-0.4, -0.2) is 23.6 Å². The zero-order valence-electron chi connectivity index (χ0n) is 9.28. The van der Waals surface area contributed by atoms with E-state index in [1.165, 1.54) is 23.5 Å². The minimum absolute atomic E-state index is 0.648.